The first-order chi connectivity index (χ1) is 7.18. The Kier molecular flexibility index (Phi) is 2.25. The van der Waals surface area contributed by atoms with Gasteiger partial charge in [0.15, 0.2) is 0 Å². The monoisotopic (exact) mass is 202 g/mol. The van der Waals surface area contributed by atoms with Crippen molar-refractivity contribution in [1.29, 1.82) is 0 Å². The Morgan fingerprint density at radius 3 is 2.60 bits per heavy atom. The smallest absolute Gasteiger partial charge is 0.339 e. The summed E-state index contributed by atoms with van der Waals surface area (Å²) in [7, 11) is 0. The summed E-state index contributed by atoms with van der Waals surface area (Å²) in [6, 6.07) is 7.61. The number of hydrogen-bond donors (Lipinski definition) is 2. The summed E-state index contributed by atoms with van der Waals surface area (Å²) in [6.45, 7) is 1.98. The number of rotatable bonds is 2. The van der Waals surface area contributed by atoms with E-state index in [0.717, 1.165) is 11.1 Å². The molecule has 0 radical (unpaired) electrons. The van der Waals surface area contributed by atoms with Crippen LogP contribution in [0, 0.1) is 6.92 Å². The number of aromatic carboxylic acids is 1. The van der Waals surface area contributed by atoms with Crippen LogP contribution in [-0.2, 0) is 0 Å². The average molecular weight is 202 g/mol. The van der Waals surface area contributed by atoms with Gasteiger partial charge in [-0.1, -0.05) is 29.8 Å². The highest BCUT2D eigenvalue weighted by molar-refractivity contribution is 5.94. The molecule has 1 aromatic carbocycles. The van der Waals surface area contributed by atoms with Gasteiger partial charge in [-0.2, -0.15) is 5.10 Å². The fourth-order valence-corrected chi connectivity index (χ4v) is 1.39. The van der Waals surface area contributed by atoms with Gasteiger partial charge < -0.3 is 5.11 Å². The quantitative estimate of drug-likeness (QED) is 0.783. The number of benzene rings is 1. The van der Waals surface area contributed by atoms with Crippen LogP contribution in [0.5, 0.6) is 0 Å². The number of aromatic nitrogens is 2. The number of carboxylic acid groups (broad SMARTS) is 1. The lowest BCUT2D eigenvalue weighted by Crippen LogP contribution is -1.96. The van der Waals surface area contributed by atoms with E-state index in [4.69, 9.17) is 5.11 Å². The van der Waals surface area contributed by atoms with Gasteiger partial charge in [-0.25, -0.2) is 4.79 Å². The molecule has 0 bridgehead atoms. The van der Waals surface area contributed by atoms with Crippen LogP contribution >= 0.6 is 0 Å². The number of carbonyl (C=O) groups is 1. The van der Waals surface area contributed by atoms with Crippen molar-refractivity contribution in [2.45, 2.75) is 6.92 Å². The molecule has 1 aromatic heterocycles. The van der Waals surface area contributed by atoms with Gasteiger partial charge in [0.2, 0.25) is 0 Å². The Morgan fingerprint density at radius 1 is 1.33 bits per heavy atom. The minimum atomic E-state index is -0.973. The van der Waals surface area contributed by atoms with Crippen molar-refractivity contribution in [1.82, 2.24) is 10.2 Å². The number of hydrogen-bond acceptors (Lipinski definition) is 2. The van der Waals surface area contributed by atoms with Crippen molar-refractivity contribution < 1.29 is 9.90 Å². The molecule has 15 heavy (non-hydrogen) atoms. The molecule has 0 aliphatic rings. The molecular formula is C11H10N2O2. The topological polar surface area (TPSA) is 66.0 Å². The molecule has 0 aliphatic carbocycles. The second kappa shape index (κ2) is 3.57. The zero-order chi connectivity index (χ0) is 10.8. The number of carboxylic acids is 1. The second-order valence-corrected chi connectivity index (χ2v) is 3.33. The largest absolute Gasteiger partial charge is 0.478 e. The normalized spacial score (nSPS) is 10.2. The van der Waals surface area contributed by atoms with Crippen molar-refractivity contribution >= 4 is 5.97 Å². The molecule has 0 unspecified atom stereocenters. The van der Waals surface area contributed by atoms with E-state index < -0.39 is 5.97 Å². The molecule has 2 rings (SSSR count). The van der Waals surface area contributed by atoms with Crippen molar-refractivity contribution in [2.24, 2.45) is 0 Å². The molecule has 0 fully saturated rings. The SMILES string of the molecule is Cc1ccc(-c2[nH]ncc2C(=O)O)cc1. The summed E-state index contributed by atoms with van der Waals surface area (Å²) in [6.07, 6.45) is 1.32. The number of nitrogens with zero attached hydrogens (tertiary/aromatic N) is 1. The fraction of sp³-hybridized carbons (Fsp3) is 0.0909. The minimum Gasteiger partial charge on any atom is -0.478 e. The van der Waals surface area contributed by atoms with E-state index in [1.165, 1.54) is 6.20 Å². The van der Waals surface area contributed by atoms with Crippen LogP contribution in [0.4, 0.5) is 0 Å². The minimum absolute atomic E-state index is 0.193. The van der Waals surface area contributed by atoms with E-state index in [1.807, 2.05) is 31.2 Å². The molecule has 0 atom stereocenters. The third-order valence-electron chi connectivity index (χ3n) is 2.21. The van der Waals surface area contributed by atoms with Crippen LogP contribution in [0.15, 0.2) is 30.5 Å². The van der Waals surface area contributed by atoms with Gasteiger partial charge in [-0.05, 0) is 6.92 Å². The first kappa shape index (κ1) is 9.45. The first-order valence-corrected chi connectivity index (χ1v) is 4.52. The van der Waals surface area contributed by atoms with Gasteiger partial charge in [-0.3, -0.25) is 5.10 Å². The Labute approximate surface area is 86.6 Å². The molecule has 4 heteroatoms. The number of H-pyrrole nitrogens is 1. The lowest BCUT2D eigenvalue weighted by atomic mass is 10.1. The molecule has 2 N–H and O–H groups in total. The predicted molar refractivity (Wildman–Crippen MR) is 55.7 cm³/mol. The Morgan fingerprint density at radius 2 is 2.00 bits per heavy atom. The van der Waals surface area contributed by atoms with Gasteiger partial charge in [0.25, 0.3) is 0 Å². The van der Waals surface area contributed by atoms with E-state index >= 15 is 0 Å². The third kappa shape index (κ3) is 1.74. The summed E-state index contributed by atoms with van der Waals surface area (Å²) in [4.78, 5) is 10.9. The Bertz CT molecular complexity index is 486. The number of aryl methyl sites for hydroxylation is 1. The lowest BCUT2D eigenvalue weighted by molar-refractivity contribution is 0.0698. The Balaban J connectivity index is 2.49. The van der Waals surface area contributed by atoms with Crippen molar-refractivity contribution in [3.05, 3.63) is 41.6 Å². The molecule has 2 aromatic rings. The van der Waals surface area contributed by atoms with E-state index in [-0.39, 0.29) is 5.56 Å². The van der Waals surface area contributed by atoms with Gasteiger partial charge in [-0.15, -0.1) is 0 Å². The highest BCUT2D eigenvalue weighted by Gasteiger charge is 2.13. The van der Waals surface area contributed by atoms with Crippen molar-refractivity contribution in [2.75, 3.05) is 0 Å². The van der Waals surface area contributed by atoms with Crippen LogP contribution in [0.1, 0.15) is 15.9 Å². The molecule has 1 heterocycles. The molecular weight excluding hydrogens is 192 g/mol. The highest BCUT2D eigenvalue weighted by Crippen LogP contribution is 2.21. The fourth-order valence-electron chi connectivity index (χ4n) is 1.39. The Hall–Kier alpha value is -2.10. The van der Waals surface area contributed by atoms with Gasteiger partial charge in [0.1, 0.15) is 5.56 Å². The van der Waals surface area contributed by atoms with Crippen molar-refractivity contribution in [3.63, 3.8) is 0 Å². The third-order valence-corrected chi connectivity index (χ3v) is 2.21. The maximum absolute atomic E-state index is 10.9. The molecule has 0 amide bonds. The van der Waals surface area contributed by atoms with Crippen LogP contribution in [0.2, 0.25) is 0 Å². The zero-order valence-electron chi connectivity index (χ0n) is 8.19. The lowest BCUT2D eigenvalue weighted by Gasteiger charge is -2.00. The average Bonchev–Trinajstić information content (AvgIpc) is 2.67. The summed E-state index contributed by atoms with van der Waals surface area (Å²) in [5.74, 6) is -0.973. The van der Waals surface area contributed by atoms with Gasteiger partial charge in [0, 0.05) is 5.56 Å². The molecule has 0 saturated carbocycles. The highest BCUT2D eigenvalue weighted by atomic mass is 16.4. The van der Waals surface area contributed by atoms with E-state index in [9.17, 15) is 4.79 Å². The maximum Gasteiger partial charge on any atom is 0.339 e. The number of aromatic amines is 1. The molecule has 76 valence electrons. The van der Waals surface area contributed by atoms with E-state index in [0.29, 0.717) is 5.69 Å². The molecule has 0 aliphatic heterocycles. The van der Waals surface area contributed by atoms with Gasteiger partial charge in [0.05, 0.1) is 11.9 Å². The van der Waals surface area contributed by atoms with Crippen LogP contribution in [0.25, 0.3) is 11.3 Å². The molecule has 0 spiro atoms. The van der Waals surface area contributed by atoms with E-state index in [2.05, 4.69) is 10.2 Å². The molecule has 4 nitrogen and oxygen atoms in total. The molecule has 0 saturated heterocycles. The predicted octanol–water partition coefficient (Wildman–Crippen LogP) is 2.08. The summed E-state index contributed by atoms with van der Waals surface area (Å²) >= 11 is 0. The van der Waals surface area contributed by atoms with E-state index in [1.54, 1.807) is 0 Å². The standard InChI is InChI=1S/C11H10N2O2/c1-7-2-4-8(5-3-7)10-9(11(14)15)6-12-13-10/h2-6H,1H3,(H,12,13)(H,14,15). The zero-order valence-corrected chi connectivity index (χ0v) is 8.19. The summed E-state index contributed by atoms with van der Waals surface area (Å²) in [5, 5.41) is 15.3. The maximum atomic E-state index is 10.9. The van der Waals surface area contributed by atoms with Crippen molar-refractivity contribution in [3.8, 4) is 11.3 Å². The second-order valence-electron chi connectivity index (χ2n) is 3.33. The summed E-state index contributed by atoms with van der Waals surface area (Å²) < 4.78 is 0. The number of nitrogens with one attached hydrogen (secondary N) is 1. The van der Waals surface area contributed by atoms with Crippen LogP contribution < -0.4 is 0 Å². The van der Waals surface area contributed by atoms with Crippen LogP contribution in [-0.4, -0.2) is 21.3 Å². The summed E-state index contributed by atoms with van der Waals surface area (Å²) in [5.41, 5.74) is 2.70. The van der Waals surface area contributed by atoms with Crippen LogP contribution in [0.3, 0.4) is 0 Å². The van der Waals surface area contributed by atoms with Gasteiger partial charge >= 0.3 is 5.97 Å². The first-order valence-electron chi connectivity index (χ1n) is 4.52.